The van der Waals surface area contributed by atoms with E-state index in [-0.39, 0.29) is 5.41 Å². The summed E-state index contributed by atoms with van der Waals surface area (Å²) in [6.07, 6.45) is 0. The molecule has 2 aliphatic rings. The molecule has 0 saturated heterocycles. The normalized spacial score (nSPS) is 13.6. The summed E-state index contributed by atoms with van der Waals surface area (Å²) >= 11 is 0. The number of rotatable bonds is 8. The second-order valence-electron chi connectivity index (χ2n) is 19.2. The maximum atomic E-state index is 2.49. The minimum Gasteiger partial charge on any atom is -0.310 e. The second-order valence-corrected chi connectivity index (χ2v) is 19.2. The summed E-state index contributed by atoms with van der Waals surface area (Å²) in [5, 5.41) is 2.41. The predicted octanol–water partition coefficient (Wildman–Crippen LogP) is 18.0. The molecule has 13 rings (SSSR count). The van der Waals surface area contributed by atoms with Crippen LogP contribution in [0, 0.1) is 0 Å². The molecule has 0 bridgehead atoms. The Kier molecular flexibility index (Phi) is 9.49. The largest absolute Gasteiger partial charge is 0.310 e. The number of benzene rings is 11. The number of hydrogen-bond donors (Lipinski definition) is 0. The van der Waals surface area contributed by atoms with Gasteiger partial charge < -0.3 is 4.90 Å². The summed E-state index contributed by atoms with van der Waals surface area (Å²) in [6, 6.07) is 96.9. The molecular formula is C68H49N. The lowest BCUT2D eigenvalue weighted by molar-refractivity contribution is 0.661. The minimum absolute atomic E-state index is 0.283. The van der Waals surface area contributed by atoms with Gasteiger partial charge in [-0.2, -0.15) is 0 Å². The van der Waals surface area contributed by atoms with Crippen molar-refractivity contribution in [1.29, 1.82) is 0 Å². The van der Waals surface area contributed by atoms with Crippen LogP contribution in [0.3, 0.4) is 0 Å². The first-order valence-electron chi connectivity index (χ1n) is 24.2. The van der Waals surface area contributed by atoms with Crippen LogP contribution < -0.4 is 4.90 Å². The molecule has 0 spiro atoms. The zero-order valence-corrected chi connectivity index (χ0v) is 38.8. The highest BCUT2D eigenvalue weighted by Crippen LogP contribution is 2.58. The number of hydrogen-bond acceptors (Lipinski definition) is 1. The summed E-state index contributed by atoms with van der Waals surface area (Å²) in [5.74, 6) is 0. The van der Waals surface area contributed by atoms with E-state index < -0.39 is 5.41 Å². The Balaban J connectivity index is 1.03. The zero-order chi connectivity index (χ0) is 46.1. The van der Waals surface area contributed by atoms with E-state index in [9.17, 15) is 0 Å². The Morgan fingerprint density at radius 1 is 0.275 bits per heavy atom. The molecule has 11 aromatic carbocycles. The third-order valence-corrected chi connectivity index (χ3v) is 15.1. The summed E-state index contributed by atoms with van der Waals surface area (Å²) < 4.78 is 0. The van der Waals surface area contributed by atoms with Gasteiger partial charge in [-0.3, -0.25) is 0 Å². The van der Waals surface area contributed by atoms with E-state index in [0.717, 1.165) is 17.1 Å². The van der Waals surface area contributed by atoms with Gasteiger partial charge in [-0.15, -0.1) is 0 Å². The fourth-order valence-electron chi connectivity index (χ4n) is 11.8. The Morgan fingerprint density at radius 3 is 1.48 bits per heavy atom. The van der Waals surface area contributed by atoms with Crippen molar-refractivity contribution in [2.24, 2.45) is 0 Å². The van der Waals surface area contributed by atoms with Crippen molar-refractivity contribution in [2.75, 3.05) is 4.90 Å². The summed E-state index contributed by atoms with van der Waals surface area (Å²) in [6.45, 7) is 4.82. The molecule has 0 radical (unpaired) electrons. The number of anilines is 3. The van der Waals surface area contributed by atoms with Crippen molar-refractivity contribution in [2.45, 2.75) is 24.7 Å². The summed E-state index contributed by atoms with van der Waals surface area (Å²) in [7, 11) is 0. The molecule has 0 aliphatic heterocycles. The van der Waals surface area contributed by atoms with Crippen LogP contribution in [0.1, 0.15) is 47.2 Å². The lowest BCUT2D eigenvalue weighted by atomic mass is 9.67. The van der Waals surface area contributed by atoms with Crippen LogP contribution >= 0.6 is 0 Å². The first kappa shape index (κ1) is 40.7. The predicted molar refractivity (Wildman–Crippen MR) is 290 cm³/mol. The van der Waals surface area contributed by atoms with Gasteiger partial charge in [-0.1, -0.05) is 220 Å². The third-order valence-electron chi connectivity index (χ3n) is 15.1. The van der Waals surface area contributed by atoms with Crippen molar-refractivity contribution in [1.82, 2.24) is 0 Å². The maximum absolute atomic E-state index is 2.49. The monoisotopic (exact) mass is 879 g/mol. The van der Waals surface area contributed by atoms with Gasteiger partial charge in [-0.05, 0) is 154 Å². The molecule has 11 aromatic rings. The van der Waals surface area contributed by atoms with Gasteiger partial charge in [0.05, 0.1) is 5.41 Å². The smallest absolute Gasteiger partial charge is 0.0714 e. The van der Waals surface area contributed by atoms with Crippen molar-refractivity contribution in [3.63, 3.8) is 0 Å². The number of fused-ring (bicyclic) bond motifs is 7. The Morgan fingerprint density at radius 2 is 0.797 bits per heavy atom. The lowest BCUT2D eigenvalue weighted by Gasteiger charge is -2.35. The van der Waals surface area contributed by atoms with Crippen LogP contribution in [0.5, 0.6) is 0 Å². The molecule has 0 saturated carbocycles. The topological polar surface area (TPSA) is 3.24 Å². The van der Waals surface area contributed by atoms with Crippen LogP contribution in [-0.2, 0) is 10.8 Å². The third kappa shape index (κ3) is 6.46. The van der Waals surface area contributed by atoms with E-state index in [1.165, 1.54) is 99.8 Å². The van der Waals surface area contributed by atoms with Gasteiger partial charge in [0.15, 0.2) is 0 Å². The van der Waals surface area contributed by atoms with Gasteiger partial charge in [0, 0.05) is 22.5 Å². The van der Waals surface area contributed by atoms with Gasteiger partial charge in [-0.25, -0.2) is 0 Å². The van der Waals surface area contributed by atoms with Crippen molar-refractivity contribution >= 4 is 27.8 Å². The van der Waals surface area contributed by atoms with E-state index in [2.05, 4.69) is 280 Å². The maximum Gasteiger partial charge on any atom is 0.0714 e. The van der Waals surface area contributed by atoms with Gasteiger partial charge in [0.1, 0.15) is 0 Å². The zero-order valence-electron chi connectivity index (χ0n) is 38.8. The molecule has 2 aliphatic carbocycles. The van der Waals surface area contributed by atoms with Crippen molar-refractivity contribution in [3.8, 4) is 55.6 Å². The molecule has 0 aromatic heterocycles. The second kappa shape index (κ2) is 16.1. The highest BCUT2D eigenvalue weighted by atomic mass is 15.1. The molecular weight excluding hydrogens is 831 g/mol. The van der Waals surface area contributed by atoms with E-state index in [1.807, 2.05) is 0 Å². The Bertz CT molecular complexity index is 3690. The summed E-state index contributed by atoms with van der Waals surface area (Å²) in [4.78, 5) is 2.49. The standard InChI is InChI=1S/C68H49N/c1-67(2)64-45-57(38-39-60(64)66-61(48-24-11-5-12-25-48)42-52(43-65(66)67)47-22-9-4-10-23-47)69(56-37-36-50-40-49(34-35-51(50)41-56)46-20-7-3-8-21-46)55-29-19-28-54(44-55)68(53-26-13-6-14-27-53)62-32-17-15-30-58(62)59-31-16-18-33-63(59)68/h3-45H,1-2H3. The van der Waals surface area contributed by atoms with Crippen molar-refractivity contribution < 1.29 is 0 Å². The molecule has 0 heterocycles. The van der Waals surface area contributed by atoms with Gasteiger partial charge in [0.2, 0.25) is 0 Å². The molecule has 0 atom stereocenters. The highest BCUT2D eigenvalue weighted by molar-refractivity contribution is 5.98. The fraction of sp³-hybridized carbons (Fsp3) is 0.0588. The Labute approximate surface area is 405 Å². The first-order chi connectivity index (χ1) is 34.0. The highest BCUT2D eigenvalue weighted by Gasteiger charge is 2.46. The minimum atomic E-state index is -0.529. The van der Waals surface area contributed by atoms with Crippen LogP contribution in [-0.4, -0.2) is 0 Å². The fourth-order valence-corrected chi connectivity index (χ4v) is 11.8. The van der Waals surface area contributed by atoms with E-state index in [4.69, 9.17) is 0 Å². The van der Waals surface area contributed by atoms with E-state index >= 15 is 0 Å². The molecule has 0 amide bonds. The van der Waals surface area contributed by atoms with E-state index in [1.54, 1.807) is 0 Å². The lowest BCUT2D eigenvalue weighted by Crippen LogP contribution is -2.28. The van der Waals surface area contributed by atoms with Gasteiger partial charge >= 0.3 is 0 Å². The molecule has 0 N–H and O–H groups in total. The Hall–Kier alpha value is -8.52. The molecule has 1 heteroatoms. The molecule has 326 valence electrons. The van der Waals surface area contributed by atoms with Crippen LogP contribution in [0.15, 0.2) is 261 Å². The van der Waals surface area contributed by atoms with Crippen LogP contribution in [0.4, 0.5) is 17.1 Å². The van der Waals surface area contributed by atoms with E-state index in [0.29, 0.717) is 0 Å². The summed E-state index contributed by atoms with van der Waals surface area (Å²) in [5.41, 5.74) is 22.9. The quantitative estimate of drug-likeness (QED) is 0.147. The molecule has 0 unspecified atom stereocenters. The van der Waals surface area contributed by atoms with Crippen LogP contribution in [0.2, 0.25) is 0 Å². The number of nitrogens with zero attached hydrogens (tertiary/aromatic N) is 1. The average molecular weight is 880 g/mol. The SMILES string of the molecule is CC1(C)c2cc(N(c3cccc(C4(c5ccccc5)c5ccccc5-c5ccccc54)c3)c3ccc4cc(-c5ccccc5)ccc4c3)ccc2-c2c(-c3ccccc3)cc(-c3ccccc3)cc21. The average Bonchev–Trinajstić information content (AvgIpc) is 3.84. The molecule has 0 fully saturated rings. The molecule has 1 nitrogen and oxygen atoms in total. The van der Waals surface area contributed by atoms with Crippen LogP contribution in [0.25, 0.3) is 66.4 Å². The molecule has 69 heavy (non-hydrogen) atoms. The first-order valence-corrected chi connectivity index (χ1v) is 24.2. The van der Waals surface area contributed by atoms with Crippen molar-refractivity contribution in [3.05, 3.63) is 294 Å². The van der Waals surface area contributed by atoms with Gasteiger partial charge in [0.25, 0.3) is 0 Å².